The second-order valence-corrected chi connectivity index (χ2v) is 3.76. The Morgan fingerprint density at radius 2 is 2.00 bits per heavy atom. The van der Waals surface area contributed by atoms with Crippen molar-refractivity contribution in [1.29, 1.82) is 0 Å². The first-order chi connectivity index (χ1) is 8.45. The lowest BCUT2D eigenvalue weighted by molar-refractivity contribution is -0.128. The summed E-state index contributed by atoms with van der Waals surface area (Å²) in [5.74, 6) is 2.76. The third-order valence-electron chi connectivity index (χ3n) is 2.20. The minimum absolute atomic E-state index is 0.109. The van der Waals surface area contributed by atoms with E-state index >= 15 is 0 Å². The average Bonchev–Trinajstić information content (AvgIpc) is 2.31. The first-order valence-electron chi connectivity index (χ1n) is 5.22. The van der Waals surface area contributed by atoms with E-state index in [-0.39, 0.29) is 30.5 Å². The van der Waals surface area contributed by atoms with Crippen LogP contribution in [0, 0.1) is 11.6 Å². The van der Waals surface area contributed by atoms with Crippen molar-refractivity contribution in [3.8, 4) is 0 Å². The Morgan fingerprint density at radius 3 is 2.56 bits per heavy atom. The van der Waals surface area contributed by atoms with Crippen LogP contribution in [0.2, 0.25) is 0 Å². The molecule has 1 aromatic heterocycles. The van der Waals surface area contributed by atoms with Crippen molar-refractivity contribution in [2.75, 3.05) is 31.4 Å². The van der Waals surface area contributed by atoms with E-state index in [9.17, 15) is 13.6 Å². The van der Waals surface area contributed by atoms with E-state index in [4.69, 9.17) is 5.84 Å². The number of hydrogen-bond donors (Lipinski definition) is 3. The molecule has 0 bridgehead atoms. The minimum atomic E-state index is -0.884. The van der Waals surface area contributed by atoms with Crippen molar-refractivity contribution in [2.24, 2.45) is 5.84 Å². The Bertz CT molecular complexity index is 439. The number of halogens is 2. The van der Waals surface area contributed by atoms with Gasteiger partial charge in [0.25, 0.3) is 0 Å². The van der Waals surface area contributed by atoms with Crippen LogP contribution in [0.3, 0.4) is 0 Å². The van der Waals surface area contributed by atoms with Gasteiger partial charge in [-0.05, 0) is 0 Å². The molecule has 0 atom stereocenters. The van der Waals surface area contributed by atoms with E-state index in [0.29, 0.717) is 6.07 Å². The van der Waals surface area contributed by atoms with Crippen LogP contribution in [0.15, 0.2) is 6.07 Å². The Balaban J connectivity index is 2.65. The number of aromatic nitrogens is 1. The average molecular weight is 259 g/mol. The predicted octanol–water partition coefficient (Wildman–Crippen LogP) is 0.536. The molecule has 8 heteroatoms. The second-order valence-electron chi connectivity index (χ2n) is 3.76. The van der Waals surface area contributed by atoms with Gasteiger partial charge in [-0.1, -0.05) is 0 Å². The molecule has 0 fully saturated rings. The zero-order valence-electron chi connectivity index (χ0n) is 10.1. The maximum Gasteiger partial charge on any atom is 0.223 e. The Labute approximate surface area is 103 Å². The van der Waals surface area contributed by atoms with Crippen LogP contribution in [0.25, 0.3) is 0 Å². The van der Waals surface area contributed by atoms with Crippen LogP contribution in [0.4, 0.5) is 20.4 Å². The summed E-state index contributed by atoms with van der Waals surface area (Å²) in [6, 6.07) is 0.665. The fraction of sp³-hybridized carbons (Fsp3) is 0.400. The van der Waals surface area contributed by atoms with Crippen molar-refractivity contribution in [3.63, 3.8) is 0 Å². The molecule has 0 saturated heterocycles. The first-order valence-corrected chi connectivity index (χ1v) is 5.22. The molecule has 0 spiro atoms. The fourth-order valence-electron chi connectivity index (χ4n) is 1.20. The molecule has 6 nitrogen and oxygen atoms in total. The fourth-order valence-corrected chi connectivity index (χ4v) is 1.20. The summed E-state index contributed by atoms with van der Waals surface area (Å²) in [5.41, 5.74) is 2.01. The number of nitrogens with two attached hydrogens (primary N) is 1. The van der Waals surface area contributed by atoms with E-state index in [1.54, 1.807) is 14.1 Å². The summed E-state index contributed by atoms with van der Waals surface area (Å²) in [7, 11) is 3.24. The molecule has 1 rings (SSSR count). The molecular weight excluding hydrogens is 244 g/mol. The maximum absolute atomic E-state index is 13.3. The molecule has 0 aromatic carbocycles. The van der Waals surface area contributed by atoms with Gasteiger partial charge < -0.3 is 15.6 Å². The Kier molecular flexibility index (Phi) is 4.78. The number of pyridine rings is 1. The van der Waals surface area contributed by atoms with Crippen LogP contribution in [0.5, 0.6) is 0 Å². The van der Waals surface area contributed by atoms with Gasteiger partial charge >= 0.3 is 0 Å². The number of hydrogen-bond acceptors (Lipinski definition) is 5. The summed E-state index contributed by atoms with van der Waals surface area (Å²) < 4.78 is 26.4. The van der Waals surface area contributed by atoms with Gasteiger partial charge in [0.2, 0.25) is 5.91 Å². The third kappa shape index (κ3) is 3.52. The number of carbonyl (C=O) groups excluding carboxylic acids is 1. The van der Waals surface area contributed by atoms with Crippen molar-refractivity contribution < 1.29 is 13.6 Å². The van der Waals surface area contributed by atoms with E-state index in [1.165, 1.54) is 4.90 Å². The second kappa shape index (κ2) is 6.10. The highest BCUT2D eigenvalue weighted by atomic mass is 19.1. The third-order valence-corrected chi connectivity index (χ3v) is 2.20. The quantitative estimate of drug-likeness (QED) is 0.531. The number of nitrogens with zero attached hydrogens (tertiary/aromatic N) is 2. The Morgan fingerprint density at radius 1 is 1.39 bits per heavy atom. The van der Waals surface area contributed by atoms with Crippen molar-refractivity contribution in [2.45, 2.75) is 6.42 Å². The first kappa shape index (κ1) is 14.1. The highest BCUT2D eigenvalue weighted by Crippen LogP contribution is 2.17. The summed E-state index contributed by atoms with van der Waals surface area (Å²) >= 11 is 0. The number of rotatable bonds is 5. The number of amides is 1. The maximum atomic E-state index is 13.3. The topological polar surface area (TPSA) is 83.3 Å². The van der Waals surface area contributed by atoms with Crippen molar-refractivity contribution >= 4 is 17.5 Å². The van der Waals surface area contributed by atoms with Gasteiger partial charge in [-0.25, -0.2) is 19.6 Å². The molecule has 1 heterocycles. The molecular formula is C10H15F2N5O. The minimum Gasteiger partial charge on any atom is -0.367 e. The molecule has 0 aliphatic heterocycles. The number of nitrogens with one attached hydrogen (secondary N) is 2. The van der Waals surface area contributed by atoms with Crippen molar-refractivity contribution in [1.82, 2.24) is 9.88 Å². The summed E-state index contributed by atoms with van der Waals surface area (Å²) in [6.45, 7) is 0.191. The van der Waals surface area contributed by atoms with Crippen molar-refractivity contribution in [3.05, 3.63) is 17.7 Å². The molecule has 0 aliphatic rings. The van der Waals surface area contributed by atoms with Gasteiger partial charge in [0.15, 0.2) is 23.3 Å². The van der Waals surface area contributed by atoms with Gasteiger partial charge in [0.05, 0.1) is 0 Å². The van der Waals surface area contributed by atoms with E-state index in [2.05, 4.69) is 10.3 Å². The zero-order chi connectivity index (χ0) is 13.7. The number of nitrogen functional groups attached to an aromatic ring is 1. The highest BCUT2D eigenvalue weighted by Gasteiger charge is 2.11. The van der Waals surface area contributed by atoms with Crippen LogP contribution in [-0.2, 0) is 4.79 Å². The molecule has 100 valence electrons. The van der Waals surface area contributed by atoms with E-state index in [0.717, 1.165) is 0 Å². The van der Waals surface area contributed by atoms with Crippen LogP contribution >= 0.6 is 0 Å². The smallest absolute Gasteiger partial charge is 0.223 e. The lowest BCUT2D eigenvalue weighted by Gasteiger charge is -2.12. The Hall–Kier alpha value is -1.96. The lowest BCUT2D eigenvalue weighted by Crippen LogP contribution is -2.24. The molecule has 1 aromatic rings. The standard InChI is InChI=1S/C10H15F2N5O/c1-17(2)8(18)3-4-14-9-6(11)5-7(12)10(15-9)16-13/h5H,3-4,13H2,1-2H3,(H2,14,15,16). The van der Waals surface area contributed by atoms with Crippen LogP contribution in [0.1, 0.15) is 6.42 Å². The lowest BCUT2D eigenvalue weighted by atomic mass is 10.3. The molecule has 0 unspecified atom stereocenters. The SMILES string of the molecule is CN(C)C(=O)CCNc1nc(NN)c(F)cc1F. The van der Waals surface area contributed by atoms with Gasteiger partial charge in [0.1, 0.15) is 0 Å². The molecule has 1 amide bonds. The number of anilines is 2. The van der Waals surface area contributed by atoms with Gasteiger partial charge in [-0.15, -0.1) is 0 Å². The van der Waals surface area contributed by atoms with E-state index in [1.807, 2.05) is 5.43 Å². The monoisotopic (exact) mass is 259 g/mol. The van der Waals surface area contributed by atoms with Crippen LogP contribution in [-0.4, -0.2) is 36.4 Å². The highest BCUT2D eigenvalue weighted by molar-refractivity contribution is 5.76. The van der Waals surface area contributed by atoms with Gasteiger partial charge in [0, 0.05) is 33.1 Å². The normalized spacial score (nSPS) is 10.1. The number of hydrazine groups is 1. The zero-order valence-corrected chi connectivity index (χ0v) is 10.1. The molecule has 0 aliphatic carbocycles. The molecule has 18 heavy (non-hydrogen) atoms. The molecule has 0 saturated carbocycles. The predicted molar refractivity (Wildman–Crippen MR) is 63.8 cm³/mol. The largest absolute Gasteiger partial charge is 0.367 e. The number of carbonyl (C=O) groups is 1. The molecule has 4 N–H and O–H groups in total. The summed E-state index contributed by atoms with van der Waals surface area (Å²) in [6.07, 6.45) is 0.177. The van der Waals surface area contributed by atoms with E-state index < -0.39 is 11.6 Å². The van der Waals surface area contributed by atoms with Gasteiger partial charge in [-0.2, -0.15) is 0 Å². The van der Waals surface area contributed by atoms with Gasteiger partial charge in [-0.3, -0.25) is 4.79 Å². The van der Waals surface area contributed by atoms with Crippen LogP contribution < -0.4 is 16.6 Å². The summed E-state index contributed by atoms with van der Waals surface area (Å²) in [5, 5.41) is 2.60. The molecule has 0 radical (unpaired) electrons. The summed E-state index contributed by atoms with van der Waals surface area (Å²) in [4.78, 5) is 16.3.